The van der Waals surface area contributed by atoms with Gasteiger partial charge in [0.15, 0.2) is 25.2 Å². The lowest BCUT2D eigenvalue weighted by atomic mass is 9.93. The maximum absolute atomic E-state index is 12.3. The number of amides is 3. The van der Waals surface area contributed by atoms with Crippen LogP contribution in [0.5, 0.6) is 0 Å². The highest BCUT2D eigenvalue weighted by Gasteiger charge is 2.56. The van der Waals surface area contributed by atoms with Crippen LogP contribution in [0.2, 0.25) is 0 Å². The summed E-state index contributed by atoms with van der Waals surface area (Å²) in [4.78, 5) is 36.3. The Morgan fingerprint density at radius 3 is 1.17 bits per heavy atom. The van der Waals surface area contributed by atoms with Crippen molar-refractivity contribution in [2.45, 2.75) is 143 Å². The first-order chi connectivity index (χ1) is 25.5. The van der Waals surface area contributed by atoms with Crippen LogP contribution in [0.25, 0.3) is 0 Å². The molecule has 0 bridgehead atoms. The molecular formula is C30H51N3O21. The van der Waals surface area contributed by atoms with Crippen LogP contribution in [0.1, 0.15) is 20.8 Å². The molecule has 0 aromatic heterocycles. The number of carbonyl (C=O) groups is 3. The Kier molecular flexibility index (Phi) is 15.8. The van der Waals surface area contributed by atoms with E-state index < -0.39 is 167 Å². The van der Waals surface area contributed by atoms with Crippen LogP contribution in [-0.2, 0) is 47.5 Å². The molecule has 4 fully saturated rings. The quantitative estimate of drug-likeness (QED) is 0.0823. The average molecular weight is 790 g/mol. The van der Waals surface area contributed by atoms with E-state index >= 15 is 0 Å². The first-order valence-corrected chi connectivity index (χ1v) is 17.1. The molecule has 4 saturated heterocycles. The van der Waals surface area contributed by atoms with Crippen molar-refractivity contribution in [3.8, 4) is 0 Å². The fourth-order valence-corrected chi connectivity index (χ4v) is 6.76. The van der Waals surface area contributed by atoms with Gasteiger partial charge < -0.3 is 105 Å². The molecule has 1 unspecified atom stereocenters. The molecular weight excluding hydrogens is 738 g/mol. The number of nitrogens with one attached hydrogen (secondary N) is 3. The molecule has 20 atom stereocenters. The fraction of sp³-hybridized carbons (Fsp3) is 0.900. The molecule has 14 N–H and O–H groups in total. The topological polar surface area (TPSA) is 374 Å². The van der Waals surface area contributed by atoms with E-state index in [9.17, 15) is 70.6 Å². The Morgan fingerprint density at radius 1 is 0.444 bits per heavy atom. The van der Waals surface area contributed by atoms with Gasteiger partial charge in [0.1, 0.15) is 97.5 Å². The first kappa shape index (κ1) is 44.4. The van der Waals surface area contributed by atoms with E-state index in [4.69, 9.17) is 33.2 Å². The van der Waals surface area contributed by atoms with Crippen LogP contribution in [0.4, 0.5) is 0 Å². The summed E-state index contributed by atoms with van der Waals surface area (Å²) in [7, 11) is 0. The number of aliphatic hydroxyl groups excluding tert-OH is 11. The molecule has 4 heterocycles. The van der Waals surface area contributed by atoms with E-state index in [1.807, 2.05) is 0 Å². The number of carbonyl (C=O) groups excluding carboxylic acids is 3. The zero-order chi connectivity index (χ0) is 40.2. The van der Waals surface area contributed by atoms with Crippen molar-refractivity contribution in [2.24, 2.45) is 0 Å². The Bertz CT molecular complexity index is 1250. The van der Waals surface area contributed by atoms with Crippen molar-refractivity contribution in [3.05, 3.63) is 0 Å². The Balaban J connectivity index is 1.59. The van der Waals surface area contributed by atoms with Crippen LogP contribution in [-0.4, -0.2) is 223 Å². The number of ether oxygens (including phenoxy) is 7. The predicted molar refractivity (Wildman–Crippen MR) is 169 cm³/mol. The molecule has 4 rings (SSSR count). The fourth-order valence-electron chi connectivity index (χ4n) is 6.76. The molecule has 3 amide bonds. The average Bonchev–Trinajstić information content (AvgIpc) is 3.12. The first-order valence-electron chi connectivity index (χ1n) is 17.1. The number of hydrogen-bond donors (Lipinski definition) is 14. The summed E-state index contributed by atoms with van der Waals surface area (Å²) < 4.78 is 39.9. The van der Waals surface area contributed by atoms with Crippen molar-refractivity contribution >= 4 is 17.7 Å². The molecule has 0 aliphatic carbocycles. The number of hydrogen-bond acceptors (Lipinski definition) is 21. The van der Waals surface area contributed by atoms with Gasteiger partial charge in [0, 0.05) is 20.8 Å². The van der Waals surface area contributed by atoms with Crippen LogP contribution >= 0.6 is 0 Å². The Hall–Kier alpha value is -2.31. The second kappa shape index (κ2) is 19.2. The lowest BCUT2D eigenvalue weighted by Crippen LogP contribution is -2.71. The summed E-state index contributed by atoms with van der Waals surface area (Å²) in [5.74, 6) is -2.15. The van der Waals surface area contributed by atoms with Gasteiger partial charge in [0.2, 0.25) is 17.7 Å². The van der Waals surface area contributed by atoms with Gasteiger partial charge in [-0.15, -0.1) is 0 Å². The monoisotopic (exact) mass is 789 g/mol. The molecule has 24 nitrogen and oxygen atoms in total. The highest BCUT2D eigenvalue weighted by Crippen LogP contribution is 2.34. The van der Waals surface area contributed by atoms with Crippen LogP contribution in [0, 0.1) is 0 Å². The smallest absolute Gasteiger partial charge is 0.217 e. The molecule has 54 heavy (non-hydrogen) atoms. The molecule has 0 radical (unpaired) electrons. The number of aliphatic hydroxyl groups is 11. The van der Waals surface area contributed by atoms with Crippen molar-refractivity contribution in [3.63, 3.8) is 0 Å². The lowest BCUT2D eigenvalue weighted by molar-refractivity contribution is -0.367. The molecule has 24 heteroatoms. The second-order valence-electron chi connectivity index (χ2n) is 13.3. The van der Waals surface area contributed by atoms with Gasteiger partial charge >= 0.3 is 0 Å². The minimum absolute atomic E-state index is 0.661. The SMILES string of the molecule is CC(=O)N[C@H]1[C@H](O[C@H]2[C@H](O)[C@@H](NC(C)=O)[C@H](O[C@H]3[C@H](O)[C@@H](NC(C)=O)C(O)O[C@@H]3CO)O[C@@H]2CO)O[C@H](CO)[C@@H](O[C@@H]2O[C@H](CO)[C@H](O)[C@H](O)[C@H]2O)[C@@H]1O. The predicted octanol–water partition coefficient (Wildman–Crippen LogP) is -9.32. The van der Waals surface area contributed by atoms with E-state index in [-0.39, 0.29) is 0 Å². The largest absolute Gasteiger partial charge is 0.394 e. The zero-order valence-electron chi connectivity index (χ0n) is 29.4. The molecule has 312 valence electrons. The highest BCUT2D eigenvalue weighted by atomic mass is 16.8. The highest BCUT2D eigenvalue weighted by molar-refractivity contribution is 5.74. The second-order valence-corrected chi connectivity index (χ2v) is 13.3. The summed E-state index contributed by atoms with van der Waals surface area (Å²) in [6.07, 6.45) is -29.0. The third-order valence-corrected chi connectivity index (χ3v) is 9.41. The third kappa shape index (κ3) is 9.79. The maximum atomic E-state index is 12.3. The third-order valence-electron chi connectivity index (χ3n) is 9.41. The molecule has 0 saturated carbocycles. The standard InChI is InChI=1S/C30H51N3O21/c1-8(38)31-15-19(42)24(12(5-35)48-27(15)47)52-28-16(32-9(2)39)20(43)25(13(6-36)50-28)53-29-17(33-10(3)40)21(44)26(14(7-37)51-29)54-30-23(46)22(45)18(41)11(4-34)49-30/h11-30,34-37,41-47H,4-7H2,1-3H3,(H,31,38)(H,32,39)(H,33,40)/t11-,12-,13-,14-,15-,16-,17-,18+,19-,20-,21-,22+,23-,24-,25-,26-,27?,28+,29+,30+/m1/s1. The lowest BCUT2D eigenvalue weighted by Gasteiger charge is -2.50. The summed E-state index contributed by atoms with van der Waals surface area (Å²) in [6, 6.07) is -4.64. The maximum Gasteiger partial charge on any atom is 0.217 e. The van der Waals surface area contributed by atoms with Gasteiger partial charge in [0.25, 0.3) is 0 Å². The molecule has 4 aliphatic heterocycles. The van der Waals surface area contributed by atoms with Gasteiger partial charge in [-0.05, 0) is 0 Å². The van der Waals surface area contributed by atoms with Crippen LogP contribution in [0.15, 0.2) is 0 Å². The number of rotatable bonds is 13. The minimum atomic E-state index is -1.92. The molecule has 0 aromatic carbocycles. The van der Waals surface area contributed by atoms with Gasteiger partial charge in [-0.1, -0.05) is 0 Å². The van der Waals surface area contributed by atoms with E-state index in [0.717, 1.165) is 20.8 Å². The summed E-state index contributed by atoms with van der Waals surface area (Å²) >= 11 is 0. The van der Waals surface area contributed by atoms with E-state index in [1.165, 1.54) is 0 Å². The zero-order valence-corrected chi connectivity index (χ0v) is 29.4. The van der Waals surface area contributed by atoms with Crippen molar-refractivity contribution < 1.29 is 104 Å². The Morgan fingerprint density at radius 2 is 0.778 bits per heavy atom. The van der Waals surface area contributed by atoms with Gasteiger partial charge in [-0.3, -0.25) is 14.4 Å². The van der Waals surface area contributed by atoms with E-state index in [0.29, 0.717) is 0 Å². The summed E-state index contributed by atoms with van der Waals surface area (Å²) in [5, 5.41) is 122. The van der Waals surface area contributed by atoms with Gasteiger partial charge in [-0.2, -0.15) is 0 Å². The van der Waals surface area contributed by atoms with Crippen LogP contribution in [0.3, 0.4) is 0 Å². The van der Waals surface area contributed by atoms with Crippen molar-refractivity contribution in [1.82, 2.24) is 16.0 Å². The van der Waals surface area contributed by atoms with Crippen LogP contribution < -0.4 is 16.0 Å². The molecule has 0 spiro atoms. The van der Waals surface area contributed by atoms with Gasteiger partial charge in [-0.25, -0.2) is 0 Å². The van der Waals surface area contributed by atoms with E-state index in [1.54, 1.807) is 0 Å². The summed E-state index contributed by atoms with van der Waals surface area (Å²) in [5.41, 5.74) is 0. The normalized spacial score (nSPS) is 45.7. The van der Waals surface area contributed by atoms with Crippen molar-refractivity contribution in [1.29, 1.82) is 0 Å². The molecule has 4 aliphatic rings. The summed E-state index contributed by atoms with van der Waals surface area (Å²) in [6.45, 7) is -0.198. The van der Waals surface area contributed by atoms with E-state index in [2.05, 4.69) is 16.0 Å². The van der Waals surface area contributed by atoms with Gasteiger partial charge in [0.05, 0.1) is 26.4 Å². The minimum Gasteiger partial charge on any atom is -0.394 e. The molecule has 0 aromatic rings. The van der Waals surface area contributed by atoms with Crippen molar-refractivity contribution in [2.75, 3.05) is 26.4 Å². The Labute approximate surface area is 307 Å².